The normalized spacial score (nSPS) is 11.3. The molecule has 7 aromatic heterocycles. The molecule has 0 aliphatic rings. The van der Waals surface area contributed by atoms with E-state index in [-0.39, 0.29) is 0 Å². The number of hydrogen-bond acceptors (Lipinski definition) is 7. The third-order valence-electron chi connectivity index (χ3n) is 14.5. The molecule has 78 heavy (non-hydrogen) atoms. The summed E-state index contributed by atoms with van der Waals surface area (Å²) in [4.78, 5) is 32.8. The van der Waals surface area contributed by atoms with Crippen molar-refractivity contribution in [2.24, 2.45) is 0 Å². The van der Waals surface area contributed by atoms with E-state index in [2.05, 4.69) is 209 Å². The first-order valence-electron chi connectivity index (χ1n) is 26.0. The molecule has 0 radical (unpaired) electrons. The summed E-state index contributed by atoms with van der Waals surface area (Å²) >= 11 is 0. The van der Waals surface area contributed by atoms with Gasteiger partial charge in [-0.05, 0) is 159 Å². The molecule has 0 amide bonds. The van der Waals surface area contributed by atoms with Crippen molar-refractivity contribution in [1.29, 1.82) is 0 Å². The van der Waals surface area contributed by atoms with Crippen LogP contribution >= 0.6 is 0 Å². The molecule has 0 saturated carbocycles. The maximum absolute atomic E-state index is 5.11. The van der Waals surface area contributed by atoms with E-state index in [9.17, 15) is 0 Å². The van der Waals surface area contributed by atoms with Crippen molar-refractivity contribution in [1.82, 2.24) is 34.9 Å². The minimum Gasteiger partial charge on any atom is -0.264 e. The van der Waals surface area contributed by atoms with Gasteiger partial charge in [0.05, 0.1) is 56.2 Å². The van der Waals surface area contributed by atoms with Gasteiger partial charge in [0.2, 0.25) is 0 Å². The Hall–Kier alpha value is -10.6. The van der Waals surface area contributed by atoms with Crippen molar-refractivity contribution in [2.75, 3.05) is 0 Å². The molecule has 0 bridgehead atoms. The summed E-state index contributed by atoms with van der Waals surface area (Å²) < 4.78 is 0. The second-order valence-electron chi connectivity index (χ2n) is 19.4. The third kappa shape index (κ3) is 9.01. The lowest BCUT2D eigenvalue weighted by Gasteiger charge is -2.11. The molecule has 15 rings (SSSR count). The molecule has 0 aliphatic carbocycles. The lowest BCUT2D eigenvalue weighted by Crippen LogP contribution is -1.90. The summed E-state index contributed by atoms with van der Waals surface area (Å²) in [5.41, 5.74) is 18.4. The second-order valence-corrected chi connectivity index (χ2v) is 19.4. The molecule has 0 N–H and O–H groups in total. The Morgan fingerprint density at radius 3 is 1.24 bits per heavy atom. The van der Waals surface area contributed by atoms with Crippen LogP contribution in [0.4, 0.5) is 0 Å². The van der Waals surface area contributed by atoms with Crippen LogP contribution < -0.4 is 0 Å². The summed E-state index contributed by atoms with van der Waals surface area (Å²) in [6.07, 6.45) is 7.27. The molecule has 0 spiro atoms. The topological polar surface area (TPSA) is 90.2 Å². The maximum atomic E-state index is 5.11. The molecule has 0 unspecified atom stereocenters. The number of aromatic nitrogens is 7. The van der Waals surface area contributed by atoms with Gasteiger partial charge in [0.1, 0.15) is 0 Å². The van der Waals surface area contributed by atoms with E-state index in [1.165, 1.54) is 21.5 Å². The molecule has 0 atom stereocenters. The fraction of sp³-hybridized carbons (Fsp3) is 0. The van der Waals surface area contributed by atoms with Crippen LogP contribution in [0, 0.1) is 0 Å². The van der Waals surface area contributed by atoms with Crippen molar-refractivity contribution in [3.05, 3.63) is 274 Å². The van der Waals surface area contributed by atoms with E-state index < -0.39 is 0 Å². The Balaban J connectivity index is 0.000000142. The van der Waals surface area contributed by atoms with Crippen molar-refractivity contribution in [3.63, 3.8) is 0 Å². The van der Waals surface area contributed by atoms with Crippen LogP contribution in [0.25, 0.3) is 144 Å². The minimum atomic E-state index is 0.878. The Labute approximate surface area is 450 Å². The van der Waals surface area contributed by atoms with Crippen molar-refractivity contribution >= 4 is 65.2 Å². The molecule has 7 heterocycles. The first-order valence-corrected chi connectivity index (χ1v) is 26.0. The summed E-state index contributed by atoms with van der Waals surface area (Å²) in [7, 11) is 0. The van der Waals surface area contributed by atoms with Crippen LogP contribution in [-0.2, 0) is 0 Å². The summed E-state index contributed by atoms with van der Waals surface area (Å²) in [6, 6.07) is 86.4. The molecule has 0 aliphatic heterocycles. The second kappa shape index (κ2) is 19.9. The average molecular weight is 996 g/mol. The lowest BCUT2D eigenvalue weighted by molar-refractivity contribution is 1.28. The highest BCUT2D eigenvalue weighted by Crippen LogP contribution is 2.36. The maximum Gasteiger partial charge on any atom is 0.0893 e. The van der Waals surface area contributed by atoms with Crippen LogP contribution in [0.1, 0.15) is 0 Å². The van der Waals surface area contributed by atoms with Crippen molar-refractivity contribution in [3.8, 4) is 78.7 Å². The monoisotopic (exact) mass is 995 g/mol. The fourth-order valence-corrected chi connectivity index (χ4v) is 10.5. The highest BCUT2D eigenvalue weighted by atomic mass is 14.8. The highest BCUT2D eigenvalue weighted by Gasteiger charge is 2.13. The quantitative estimate of drug-likeness (QED) is 0.147. The van der Waals surface area contributed by atoms with Crippen LogP contribution in [0.15, 0.2) is 274 Å². The van der Waals surface area contributed by atoms with Gasteiger partial charge in [-0.2, -0.15) is 0 Å². The Morgan fingerprint density at radius 1 is 0.231 bits per heavy atom. The molecule has 364 valence electrons. The Morgan fingerprint density at radius 2 is 0.679 bits per heavy atom. The lowest BCUT2D eigenvalue weighted by atomic mass is 9.95. The Kier molecular flexibility index (Phi) is 11.7. The van der Waals surface area contributed by atoms with Crippen LogP contribution in [-0.4, -0.2) is 34.9 Å². The van der Waals surface area contributed by atoms with E-state index in [1.807, 2.05) is 60.8 Å². The van der Waals surface area contributed by atoms with Crippen LogP contribution in [0.3, 0.4) is 0 Å². The van der Waals surface area contributed by atoms with Gasteiger partial charge in [-0.25, -0.2) is 19.9 Å². The van der Waals surface area contributed by atoms with Gasteiger partial charge in [0.25, 0.3) is 0 Å². The van der Waals surface area contributed by atoms with Gasteiger partial charge in [-0.3, -0.25) is 15.0 Å². The first kappa shape index (κ1) is 45.9. The number of hydrogen-bond donors (Lipinski definition) is 0. The Bertz CT molecular complexity index is 4740. The average Bonchev–Trinajstić information content (AvgIpc) is 3.59. The largest absolute Gasteiger partial charge is 0.264 e. The number of fused-ring (bicyclic) bond motifs is 7. The smallest absolute Gasteiger partial charge is 0.0893 e. The predicted octanol–water partition coefficient (Wildman–Crippen LogP) is 17.7. The van der Waals surface area contributed by atoms with E-state index >= 15 is 0 Å². The summed E-state index contributed by atoms with van der Waals surface area (Å²) in [5, 5.41) is 9.41. The van der Waals surface area contributed by atoms with Crippen molar-refractivity contribution in [2.45, 2.75) is 0 Å². The molecule has 0 fully saturated rings. The van der Waals surface area contributed by atoms with Gasteiger partial charge in [0, 0.05) is 63.0 Å². The zero-order valence-electron chi connectivity index (χ0n) is 42.1. The zero-order valence-corrected chi connectivity index (χ0v) is 42.1. The number of nitrogens with zero attached hydrogens (tertiary/aromatic N) is 7. The number of benzene rings is 8. The predicted molar refractivity (Wildman–Crippen MR) is 321 cm³/mol. The van der Waals surface area contributed by atoms with Gasteiger partial charge >= 0.3 is 0 Å². The van der Waals surface area contributed by atoms with E-state index in [1.54, 1.807) is 18.6 Å². The summed E-state index contributed by atoms with van der Waals surface area (Å²) in [5.74, 6) is 0. The SMILES string of the molecule is c1ccc(-c2ccc3cc(-c4ccc5nc(-c6cccc(-c7cccnc7)c6)ccc5c4)ccc3n2)nc1.c1ccc(-c2ccc3cc(-c4ccc5nc(-c6cccc7ccc8ccccc8c67)ccc5c4)ccc3n2)nc1. The molecular formula is C71H45N7. The van der Waals surface area contributed by atoms with E-state index in [0.717, 1.165) is 122 Å². The van der Waals surface area contributed by atoms with Gasteiger partial charge < -0.3 is 0 Å². The molecule has 8 aromatic carbocycles. The molecule has 7 heteroatoms. The molecular weight excluding hydrogens is 951 g/mol. The third-order valence-corrected chi connectivity index (χ3v) is 14.5. The van der Waals surface area contributed by atoms with Crippen LogP contribution in [0.5, 0.6) is 0 Å². The van der Waals surface area contributed by atoms with Crippen molar-refractivity contribution < 1.29 is 0 Å². The van der Waals surface area contributed by atoms with Crippen LogP contribution in [0.2, 0.25) is 0 Å². The molecule has 7 nitrogen and oxygen atoms in total. The fourth-order valence-electron chi connectivity index (χ4n) is 10.5. The molecule has 15 aromatic rings. The minimum absolute atomic E-state index is 0.878. The van der Waals surface area contributed by atoms with Gasteiger partial charge in [-0.15, -0.1) is 0 Å². The van der Waals surface area contributed by atoms with E-state index in [0.29, 0.717) is 0 Å². The van der Waals surface area contributed by atoms with Gasteiger partial charge in [-0.1, -0.05) is 140 Å². The number of pyridine rings is 7. The van der Waals surface area contributed by atoms with Gasteiger partial charge in [0.15, 0.2) is 0 Å². The zero-order chi connectivity index (χ0) is 51.8. The van der Waals surface area contributed by atoms with E-state index in [4.69, 9.17) is 19.9 Å². The standard InChI is InChI=1S/C37H23N3.C34H22N4/c1-2-8-30-24(6-1)11-12-25-7-5-9-31(37(25)30)34-19-15-28-22-26(13-17-32(28)39-34)27-14-18-33-29(23-27)16-20-36(40-33)35-10-3-4-21-38-35;1-2-18-36-33(8-1)34-16-12-28-21-25(10-14-32(28)38-34)24-9-13-31-27(20-24)11-15-30(37-31)26-6-3-5-23(19-26)29-7-4-17-35-22-29/h1-23H;1-22H. The molecule has 0 saturated heterocycles. The number of rotatable bonds is 7. The first-order chi connectivity index (χ1) is 38.6. The summed E-state index contributed by atoms with van der Waals surface area (Å²) in [6.45, 7) is 0. The highest BCUT2D eigenvalue weighted by molar-refractivity contribution is 6.14.